The third-order valence-electron chi connectivity index (χ3n) is 2.93. The first kappa shape index (κ1) is 14.7. The number of carbonyl (C=O) groups is 1. The lowest BCUT2D eigenvalue weighted by Gasteiger charge is -2.07. The highest BCUT2D eigenvalue weighted by atomic mass is 19.1. The third-order valence-corrected chi connectivity index (χ3v) is 2.93. The largest absolute Gasteiger partial charge is 0.348 e. The maximum absolute atomic E-state index is 13.7. The highest BCUT2D eigenvalue weighted by molar-refractivity contribution is 5.94. The minimum atomic E-state index is -0.565. The molecule has 1 amide bonds. The molecular weight excluding hydrogens is 274 g/mol. The molecule has 21 heavy (non-hydrogen) atoms. The van der Waals surface area contributed by atoms with Crippen LogP contribution in [0.15, 0.2) is 36.4 Å². The Balaban J connectivity index is 2.09. The van der Waals surface area contributed by atoms with E-state index in [-0.39, 0.29) is 23.2 Å². The fourth-order valence-electron chi connectivity index (χ4n) is 1.91. The molecule has 0 aliphatic heterocycles. The lowest BCUT2D eigenvalue weighted by atomic mass is 10.1. The highest BCUT2D eigenvalue weighted by Crippen LogP contribution is 2.11. The molecule has 0 heterocycles. The van der Waals surface area contributed by atoms with Gasteiger partial charge < -0.3 is 5.32 Å². The molecular formula is C16H12F2N2O. The van der Waals surface area contributed by atoms with Crippen LogP contribution in [0.3, 0.4) is 0 Å². The highest BCUT2D eigenvalue weighted by Gasteiger charge is 2.09. The van der Waals surface area contributed by atoms with E-state index >= 15 is 0 Å². The molecule has 0 bridgehead atoms. The molecule has 0 radical (unpaired) electrons. The molecule has 5 heteroatoms. The van der Waals surface area contributed by atoms with Crippen molar-refractivity contribution in [1.82, 2.24) is 5.32 Å². The smallest absolute Gasteiger partial charge is 0.251 e. The van der Waals surface area contributed by atoms with Crippen molar-refractivity contribution in [2.24, 2.45) is 0 Å². The van der Waals surface area contributed by atoms with Crippen LogP contribution in [-0.2, 0) is 6.54 Å². The number of amides is 1. The number of benzene rings is 2. The van der Waals surface area contributed by atoms with Gasteiger partial charge in [0.25, 0.3) is 5.91 Å². The van der Waals surface area contributed by atoms with E-state index in [1.165, 1.54) is 18.2 Å². The number of nitrogens with one attached hydrogen (secondary N) is 1. The first-order chi connectivity index (χ1) is 9.99. The van der Waals surface area contributed by atoms with Gasteiger partial charge in [0.1, 0.15) is 11.6 Å². The Hall–Kier alpha value is -2.74. The van der Waals surface area contributed by atoms with Gasteiger partial charge in [-0.1, -0.05) is 6.07 Å². The zero-order chi connectivity index (χ0) is 15.4. The van der Waals surface area contributed by atoms with Crippen LogP contribution in [0, 0.1) is 29.9 Å². The summed E-state index contributed by atoms with van der Waals surface area (Å²) >= 11 is 0. The van der Waals surface area contributed by atoms with Crippen LogP contribution >= 0.6 is 0 Å². The molecule has 0 atom stereocenters. The van der Waals surface area contributed by atoms with Gasteiger partial charge in [0.05, 0.1) is 11.6 Å². The summed E-state index contributed by atoms with van der Waals surface area (Å²) in [4.78, 5) is 11.9. The average Bonchev–Trinajstić information content (AvgIpc) is 2.44. The predicted octanol–water partition coefficient (Wildman–Crippen LogP) is 3.07. The Morgan fingerprint density at radius 3 is 2.62 bits per heavy atom. The van der Waals surface area contributed by atoms with Crippen LogP contribution < -0.4 is 5.32 Å². The summed E-state index contributed by atoms with van der Waals surface area (Å²) in [7, 11) is 0. The number of nitrogens with zero attached hydrogens (tertiary/aromatic N) is 1. The summed E-state index contributed by atoms with van der Waals surface area (Å²) in [6, 6.07) is 9.83. The van der Waals surface area contributed by atoms with Gasteiger partial charge in [-0.3, -0.25) is 4.79 Å². The van der Waals surface area contributed by atoms with Crippen molar-refractivity contribution >= 4 is 5.91 Å². The van der Waals surface area contributed by atoms with Gasteiger partial charge in [0.15, 0.2) is 0 Å². The van der Waals surface area contributed by atoms with E-state index in [2.05, 4.69) is 5.32 Å². The number of hydrogen-bond donors (Lipinski definition) is 1. The number of rotatable bonds is 3. The second-order valence-electron chi connectivity index (χ2n) is 4.62. The summed E-state index contributed by atoms with van der Waals surface area (Å²) in [6.45, 7) is 1.64. The maximum Gasteiger partial charge on any atom is 0.251 e. The van der Waals surface area contributed by atoms with E-state index in [0.29, 0.717) is 5.56 Å². The zero-order valence-electron chi connectivity index (χ0n) is 11.3. The van der Waals surface area contributed by atoms with Gasteiger partial charge in [0, 0.05) is 17.7 Å². The Bertz CT molecular complexity index is 715. The molecule has 0 aliphatic carbocycles. The van der Waals surface area contributed by atoms with Gasteiger partial charge in [-0.15, -0.1) is 0 Å². The van der Waals surface area contributed by atoms with Gasteiger partial charge in [-0.25, -0.2) is 8.78 Å². The number of aryl methyl sites for hydroxylation is 1. The molecule has 0 spiro atoms. The molecule has 0 aliphatic rings. The molecule has 2 aromatic carbocycles. The molecule has 0 fully saturated rings. The minimum absolute atomic E-state index is 0.0358. The minimum Gasteiger partial charge on any atom is -0.348 e. The molecule has 2 aromatic rings. The monoisotopic (exact) mass is 286 g/mol. The van der Waals surface area contributed by atoms with Crippen LogP contribution in [0.4, 0.5) is 8.78 Å². The number of hydrogen-bond acceptors (Lipinski definition) is 2. The van der Waals surface area contributed by atoms with Gasteiger partial charge in [-0.05, 0) is 42.8 Å². The summed E-state index contributed by atoms with van der Waals surface area (Å²) in [5, 5.41) is 11.2. The second-order valence-corrected chi connectivity index (χ2v) is 4.62. The van der Waals surface area contributed by atoms with Gasteiger partial charge in [-0.2, -0.15) is 5.26 Å². The Morgan fingerprint density at radius 1 is 1.24 bits per heavy atom. The van der Waals surface area contributed by atoms with Crippen molar-refractivity contribution in [2.45, 2.75) is 13.5 Å². The van der Waals surface area contributed by atoms with E-state index in [4.69, 9.17) is 5.26 Å². The molecule has 0 aromatic heterocycles. The maximum atomic E-state index is 13.7. The Kier molecular flexibility index (Phi) is 4.29. The summed E-state index contributed by atoms with van der Waals surface area (Å²) in [5.41, 5.74) is 1.28. The van der Waals surface area contributed by atoms with Crippen molar-refractivity contribution in [3.63, 3.8) is 0 Å². The van der Waals surface area contributed by atoms with Gasteiger partial charge in [0.2, 0.25) is 0 Å². The van der Waals surface area contributed by atoms with E-state index in [1.807, 2.05) is 6.07 Å². The van der Waals surface area contributed by atoms with Crippen LogP contribution in [-0.4, -0.2) is 5.91 Å². The molecule has 0 saturated heterocycles. The standard InChI is InChI=1S/C16H12F2N2O/c1-10-4-13(7-14(17)5-10)16(21)20-9-12-3-2-11(8-19)6-15(12)18/h2-7H,9H2,1H3,(H,20,21). The average molecular weight is 286 g/mol. The third kappa shape index (κ3) is 3.63. The van der Waals surface area contributed by atoms with Gasteiger partial charge >= 0.3 is 0 Å². The molecule has 106 valence electrons. The van der Waals surface area contributed by atoms with E-state index in [0.717, 1.165) is 12.1 Å². The van der Waals surface area contributed by atoms with E-state index < -0.39 is 17.5 Å². The Labute approximate surface area is 120 Å². The van der Waals surface area contributed by atoms with Crippen molar-refractivity contribution in [3.8, 4) is 6.07 Å². The normalized spacial score (nSPS) is 10.0. The first-order valence-corrected chi connectivity index (χ1v) is 6.23. The van der Waals surface area contributed by atoms with E-state index in [1.54, 1.807) is 13.0 Å². The van der Waals surface area contributed by atoms with Crippen LogP contribution in [0.5, 0.6) is 0 Å². The summed E-state index contributed by atoms with van der Waals surface area (Å²) < 4.78 is 26.9. The van der Waals surface area contributed by atoms with Crippen LogP contribution in [0.2, 0.25) is 0 Å². The number of halogens is 2. The first-order valence-electron chi connectivity index (χ1n) is 6.23. The fourth-order valence-corrected chi connectivity index (χ4v) is 1.91. The molecule has 1 N–H and O–H groups in total. The molecule has 0 unspecified atom stereocenters. The number of carbonyl (C=O) groups excluding carboxylic acids is 1. The predicted molar refractivity (Wildman–Crippen MR) is 73.4 cm³/mol. The Morgan fingerprint density at radius 2 is 2.00 bits per heavy atom. The van der Waals surface area contributed by atoms with Crippen LogP contribution in [0.25, 0.3) is 0 Å². The second kappa shape index (κ2) is 6.14. The van der Waals surface area contributed by atoms with Crippen LogP contribution in [0.1, 0.15) is 27.0 Å². The lowest BCUT2D eigenvalue weighted by Crippen LogP contribution is -2.23. The summed E-state index contributed by atoms with van der Waals surface area (Å²) in [5.74, 6) is -1.55. The van der Waals surface area contributed by atoms with Crippen molar-refractivity contribution < 1.29 is 13.6 Å². The zero-order valence-corrected chi connectivity index (χ0v) is 11.3. The topological polar surface area (TPSA) is 52.9 Å². The van der Waals surface area contributed by atoms with Crippen molar-refractivity contribution in [3.05, 3.63) is 70.3 Å². The molecule has 3 nitrogen and oxygen atoms in total. The SMILES string of the molecule is Cc1cc(F)cc(C(=O)NCc2ccc(C#N)cc2F)c1. The van der Waals surface area contributed by atoms with E-state index in [9.17, 15) is 13.6 Å². The molecule has 2 rings (SSSR count). The quantitative estimate of drug-likeness (QED) is 0.942. The van der Waals surface area contributed by atoms with Crippen molar-refractivity contribution in [1.29, 1.82) is 5.26 Å². The summed E-state index contributed by atoms with van der Waals surface area (Å²) in [6.07, 6.45) is 0. The van der Waals surface area contributed by atoms with Crippen molar-refractivity contribution in [2.75, 3.05) is 0 Å². The molecule has 0 saturated carbocycles. The fraction of sp³-hybridized carbons (Fsp3) is 0.125. The number of nitriles is 1. The lowest BCUT2D eigenvalue weighted by molar-refractivity contribution is 0.0950.